The van der Waals surface area contributed by atoms with Gasteiger partial charge < -0.3 is 10.4 Å². The number of hydrogen-bond donors (Lipinski definition) is 3. The summed E-state index contributed by atoms with van der Waals surface area (Å²) in [7, 11) is 0. The maximum absolute atomic E-state index is 11.8. The number of aromatic nitrogens is 2. The first-order chi connectivity index (χ1) is 10.4. The molecule has 0 aliphatic rings. The summed E-state index contributed by atoms with van der Waals surface area (Å²) in [6.07, 6.45) is -0.716. The van der Waals surface area contributed by atoms with Gasteiger partial charge in [0.1, 0.15) is 0 Å². The molecule has 0 aromatic carbocycles. The van der Waals surface area contributed by atoms with Crippen LogP contribution in [0.15, 0.2) is 29.0 Å². The molecule has 1 atom stereocenters. The Balaban J connectivity index is 1.84. The molecule has 118 valence electrons. The predicted octanol–water partition coefficient (Wildman–Crippen LogP) is 2.69. The summed E-state index contributed by atoms with van der Waals surface area (Å²) in [6.45, 7) is 6.27. The Morgan fingerprint density at radius 1 is 1.32 bits per heavy atom. The normalized spacial score (nSPS) is 12.7. The van der Waals surface area contributed by atoms with Gasteiger partial charge in [0.2, 0.25) is 0 Å². The molecular formula is C15H20N4O2S. The van der Waals surface area contributed by atoms with E-state index in [1.54, 1.807) is 6.07 Å². The number of rotatable bonds is 4. The average molecular weight is 320 g/mol. The molecule has 0 saturated heterocycles. The number of carbonyl (C=O) groups excluding carboxylic acids is 1. The van der Waals surface area contributed by atoms with E-state index >= 15 is 0 Å². The van der Waals surface area contributed by atoms with Crippen LogP contribution in [0.2, 0.25) is 0 Å². The van der Waals surface area contributed by atoms with Crippen LogP contribution in [0, 0.1) is 0 Å². The first-order valence-electron chi connectivity index (χ1n) is 6.95. The number of carbonyl (C=O) groups is 1. The summed E-state index contributed by atoms with van der Waals surface area (Å²) >= 11 is 1.50. The number of nitrogens with one attached hydrogen (secondary N) is 2. The van der Waals surface area contributed by atoms with Crippen LogP contribution in [0.1, 0.15) is 38.1 Å². The molecule has 0 aliphatic carbocycles. The van der Waals surface area contributed by atoms with E-state index in [2.05, 4.69) is 20.8 Å². The van der Waals surface area contributed by atoms with E-state index in [-0.39, 0.29) is 12.0 Å². The quantitative estimate of drug-likeness (QED) is 0.808. The number of nitrogens with zero attached hydrogens (tertiary/aromatic N) is 2. The van der Waals surface area contributed by atoms with E-state index < -0.39 is 12.1 Å². The molecule has 2 aromatic rings. The number of anilines is 1. The second-order valence-corrected chi connectivity index (χ2v) is 6.74. The second kappa shape index (κ2) is 6.85. The summed E-state index contributed by atoms with van der Waals surface area (Å²) in [5.41, 5.74) is 1.56. The van der Waals surface area contributed by atoms with Crippen molar-refractivity contribution in [2.24, 2.45) is 0 Å². The Kier molecular flexibility index (Phi) is 5.10. The van der Waals surface area contributed by atoms with E-state index in [0.29, 0.717) is 5.82 Å². The van der Waals surface area contributed by atoms with Crippen molar-refractivity contribution in [1.82, 2.24) is 15.5 Å². The van der Waals surface area contributed by atoms with Crippen LogP contribution in [0.4, 0.5) is 10.6 Å². The predicted molar refractivity (Wildman–Crippen MR) is 87.0 cm³/mol. The largest absolute Gasteiger partial charge is 0.387 e. The molecule has 2 rings (SSSR count). The van der Waals surface area contributed by atoms with Crippen molar-refractivity contribution in [1.29, 1.82) is 0 Å². The molecule has 2 heterocycles. The van der Waals surface area contributed by atoms with Gasteiger partial charge in [-0.05, 0) is 34.5 Å². The lowest BCUT2D eigenvalue weighted by Crippen LogP contribution is -2.32. The van der Waals surface area contributed by atoms with E-state index in [4.69, 9.17) is 0 Å². The minimum atomic E-state index is -0.716. The van der Waals surface area contributed by atoms with E-state index in [0.717, 1.165) is 11.3 Å². The number of aliphatic hydroxyl groups is 1. The first-order valence-corrected chi connectivity index (χ1v) is 7.90. The SMILES string of the molecule is CC(C)(C)c1ccc(NC(=O)NCC(O)c2ccsc2)nn1. The number of urea groups is 1. The number of hydrogen-bond acceptors (Lipinski definition) is 5. The van der Waals surface area contributed by atoms with Crippen molar-refractivity contribution in [2.75, 3.05) is 11.9 Å². The maximum atomic E-state index is 11.8. The third-order valence-electron chi connectivity index (χ3n) is 3.06. The molecule has 2 aromatic heterocycles. The Morgan fingerprint density at radius 2 is 2.09 bits per heavy atom. The van der Waals surface area contributed by atoms with Crippen molar-refractivity contribution < 1.29 is 9.90 Å². The molecule has 6 nitrogen and oxygen atoms in total. The molecule has 0 spiro atoms. The first kappa shape index (κ1) is 16.4. The van der Waals surface area contributed by atoms with Crippen molar-refractivity contribution >= 4 is 23.2 Å². The second-order valence-electron chi connectivity index (χ2n) is 5.96. The molecule has 3 N–H and O–H groups in total. The number of thiophene rings is 1. The van der Waals surface area contributed by atoms with Crippen LogP contribution in [0.25, 0.3) is 0 Å². The van der Waals surface area contributed by atoms with Crippen molar-refractivity contribution in [3.8, 4) is 0 Å². The Morgan fingerprint density at radius 3 is 2.64 bits per heavy atom. The third-order valence-corrected chi connectivity index (χ3v) is 3.76. The summed E-state index contributed by atoms with van der Waals surface area (Å²) < 4.78 is 0. The third kappa shape index (κ3) is 4.51. The molecule has 0 saturated carbocycles. The number of aliphatic hydroxyl groups excluding tert-OH is 1. The number of amides is 2. The zero-order valence-electron chi connectivity index (χ0n) is 12.8. The van der Waals surface area contributed by atoms with Crippen LogP contribution < -0.4 is 10.6 Å². The van der Waals surface area contributed by atoms with Crippen LogP contribution in [-0.4, -0.2) is 27.9 Å². The Labute approximate surface area is 133 Å². The highest BCUT2D eigenvalue weighted by molar-refractivity contribution is 7.07. The molecular weight excluding hydrogens is 300 g/mol. The van der Waals surface area contributed by atoms with Gasteiger partial charge >= 0.3 is 6.03 Å². The highest BCUT2D eigenvalue weighted by Gasteiger charge is 2.16. The molecule has 0 aliphatic heterocycles. The zero-order chi connectivity index (χ0) is 16.2. The molecule has 1 unspecified atom stereocenters. The fourth-order valence-electron chi connectivity index (χ4n) is 1.73. The van der Waals surface area contributed by atoms with Gasteiger partial charge in [-0.1, -0.05) is 20.8 Å². The monoisotopic (exact) mass is 320 g/mol. The molecule has 2 amide bonds. The minimum absolute atomic E-state index is 0.0849. The Bertz CT molecular complexity index is 605. The van der Waals surface area contributed by atoms with E-state index in [9.17, 15) is 9.90 Å². The lowest BCUT2D eigenvalue weighted by Gasteiger charge is -2.16. The van der Waals surface area contributed by atoms with Crippen LogP contribution >= 0.6 is 11.3 Å². The highest BCUT2D eigenvalue weighted by atomic mass is 32.1. The van der Waals surface area contributed by atoms with Crippen LogP contribution in [0.3, 0.4) is 0 Å². The lowest BCUT2D eigenvalue weighted by atomic mass is 9.92. The van der Waals surface area contributed by atoms with Gasteiger partial charge in [0, 0.05) is 12.0 Å². The van der Waals surface area contributed by atoms with Gasteiger partial charge in [0.15, 0.2) is 5.82 Å². The molecule has 0 radical (unpaired) electrons. The molecule has 0 fully saturated rings. The Hall–Kier alpha value is -1.99. The molecule has 22 heavy (non-hydrogen) atoms. The van der Waals surface area contributed by atoms with Gasteiger partial charge in [-0.15, -0.1) is 5.10 Å². The summed E-state index contributed by atoms with van der Waals surface area (Å²) in [5.74, 6) is 0.371. The van der Waals surface area contributed by atoms with Crippen molar-refractivity contribution in [2.45, 2.75) is 32.3 Å². The van der Waals surface area contributed by atoms with Crippen LogP contribution in [-0.2, 0) is 5.41 Å². The van der Waals surface area contributed by atoms with Gasteiger partial charge in [-0.2, -0.15) is 16.4 Å². The van der Waals surface area contributed by atoms with Gasteiger partial charge in [0.25, 0.3) is 0 Å². The fraction of sp³-hybridized carbons (Fsp3) is 0.400. The van der Waals surface area contributed by atoms with Gasteiger partial charge in [-0.3, -0.25) is 5.32 Å². The molecule has 7 heteroatoms. The van der Waals surface area contributed by atoms with Crippen molar-refractivity contribution in [3.05, 3.63) is 40.2 Å². The zero-order valence-corrected chi connectivity index (χ0v) is 13.6. The van der Waals surface area contributed by atoms with E-state index in [1.807, 2.05) is 43.7 Å². The summed E-state index contributed by atoms with van der Waals surface area (Å²) in [4.78, 5) is 11.8. The topological polar surface area (TPSA) is 87.1 Å². The average Bonchev–Trinajstić information content (AvgIpc) is 2.98. The smallest absolute Gasteiger partial charge is 0.320 e. The standard InChI is InChI=1S/C15H20N4O2S/c1-15(2,3)12-4-5-13(19-18-12)17-14(21)16-8-11(20)10-6-7-22-9-10/h4-7,9,11,20H,8H2,1-3H3,(H2,16,17,19,21). The lowest BCUT2D eigenvalue weighted by molar-refractivity contribution is 0.175. The van der Waals surface area contributed by atoms with Crippen LogP contribution in [0.5, 0.6) is 0 Å². The van der Waals surface area contributed by atoms with Gasteiger partial charge in [0.05, 0.1) is 11.8 Å². The maximum Gasteiger partial charge on any atom is 0.320 e. The van der Waals surface area contributed by atoms with Crippen molar-refractivity contribution in [3.63, 3.8) is 0 Å². The van der Waals surface area contributed by atoms with E-state index in [1.165, 1.54) is 11.3 Å². The fourth-order valence-corrected chi connectivity index (χ4v) is 2.44. The minimum Gasteiger partial charge on any atom is -0.387 e. The summed E-state index contributed by atoms with van der Waals surface area (Å²) in [6, 6.07) is 4.95. The highest BCUT2D eigenvalue weighted by Crippen LogP contribution is 2.19. The van der Waals surface area contributed by atoms with Gasteiger partial charge in [-0.25, -0.2) is 4.79 Å². The summed E-state index contributed by atoms with van der Waals surface area (Å²) in [5, 5.41) is 26.9. The molecule has 0 bridgehead atoms.